The zero-order valence-electron chi connectivity index (χ0n) is 11.7. The van der Waals surface area contributed by atoms with Gasteiger partial charge in [0.2, 0.25) is 0 Å². The van der Waals surface area contributed by atoms with Gasteiger partial charge in [-0.1, -0.05) is 20.8 Å². The van der Waals surface area contributed by atoms with Crippen molar-refractivity contribution in [2.24, 2.45) is 0 Å². The van der Waals surface area contributed by atoms with Gasteiger partial charge in [-0.2, -0.15) is 0 Å². The van der Waals surface area contributed by atoms with Crippen molar-refractivity contribution in [3.8, 4) is 0 Å². The summed E-state index contributed by atoms with van der Waals surface area (Å²) in [6.45, 7) is 29.1. The molecule has 1 aromatic rings. The second kappa shape index (κ2) is 36.2. The van der Waals surface area contributed by atoms with Crippen molar-refractivity contribution in [3.05, 3.63) is 63.3 Å². The van der Waals surface area contributed by atoms with Gasteiger partial charge in [0.15, 0.2) is 0 Å². The second-order valence-electron chi connectivity index (χ2n) is 3.49. The molecular weight excluding hydrogens is 314 g/mol. The molecule has 0 spiro atoms. The molecule has 7 heteroatoms. The van der Waals surface area contributed by atoms with Crippen LogP contribution in [0.3, 0.4) is 0 Å². The van der Waals surface area contributed by atoms with Gasteiger partial charge in [-0.05, 0) is 23.1 Å². The van der Waals surface area contributed by atoms with Crippen LogP contribution in [-0.2, 0) is 46.0 Å². The topological polar surface area (TPSA) is 112 Å². The Kier molecular flexibility index (Phi) is 63.1. The van der Waals surface area contributed by atoms with Crippen molar-refractivity contribution in [1.29, 1.82) is 0 Å². The monoisotopic (exact) mass is 327 g/mol. The van der Waals surface area contributed by atoms with E-state index in [-0.39, 0.29) is 22.8 Å². The van der Waals surface area contributed by atoms with Crippen LogP contribution in [0.25, 0.3) is 0 Å². The molecule has 0 aliphatic carbocycles. The maximum absolute atomic E-state index is 7.50. The summed E-state index contributed by atoms with van der Waals surface area (Å²) in [4.78, 5) is 3.96. The molecular formula is C14H13CrNO5. The van der Waals surface area contributed by atoms with Gasteiger partial charge in [0.05, 0.1) is 0 Å². The molecule has 0 radical (unpaired) electrons. The second-order valence-corrected chi connectivity index (χ2v) is 3.49. The number of pyridine rings is 1. The molecule has 0 saturated heterocycles. The van der Waals surface area contributed by atoms with Crippen molar-refractivity contribution in [1.82, 2.24) is 4.98 Å². The molecule has 21 heavy (non-hydrogen) atoms. The van der Waals surface area contributed by atoms with Gasteiger partial charge < -0.3 is 0 Å². The molecule has 1 rings (SSSR count). The van der Waals surface area contributed by atoms with Crippen LogP contribution in [0.5, 0.6) is 0 Å². The molecule has 0 aromatic carbocycles. The minimum Gasteiger partial charge on any atom is 0 e. The largest absolute Gasteiger partial charge is 0 e. The predicted octanol–water partition coefficient (Wildman–Crippen LogP) is 2.19. The molecule has 110 valence electrons. The molecule has 0 atom stereocenters. The van der Waals surface area contributed by atoms with Crippen LogP contribution in [0.15, 0.2) is 24.5 Å². The van der Waals surface area contributed by atoms with Gasteiger partial charge in [-0.25, -0.2) is 0 Å². The normalized spacial score (nSPS) is 5.95. The molecule has 0 saturated carbocycles. The summed E-state index contributed by atoms with van der Waals surface area (Å²) >= 11 is 0. The average Bonchev–Trinajstić information content (AvgIpc) is 2.57. The van der Waals surface area contributed by atoms with Crippen LogP contribution in [-0.4, -0.2) is 4.98 Å². The Labute approximate surface area is 135 Å². The van der Waals surface area contributed by atoms with Crippen LogP contribution in [0.4, 0.5) is 0 Å². The summed E-state index contributed by atoms with van der Waals surface area (Å²) in [5.74, 6) is 0. The summed E-state index contributed by atoms with van der Waals surface area (Å²) in [5, 5.41) is 0. The third-order valence-electron chi connectivity index (χ3n) is 1.55. The first-order valence-electron chi connectivity index (χ1n) is 4.53. The fraction of sp³-hybridized carbons (Fsp3) is 0.286. The van der Waals surface area contributed by atoms with Gasteiger partial charge in [-0.3, -0.25) is 4.98 Å². The molecule has 0 aliphatic heterocycles. The molecule has 1 heterocycles. The Hall–Kier alpha value is -1.62. The van der Waals surface area contributed by atoms with Gasteiger partial charge in [0, 0.05) is 29.8 Å². The Morgan fingerprint density at radius 1 is 0.714 bits per heavy atom. The first kappa shape index (κ1) is 36.6. The van der Waals surface area contributed by atoms with E-state index in [1.807, 2.05) is 12.4 Å². The smallest absolute Gasteiger partial charge is 0 e. The van der Waals surface area contributed by atoms with Gasteiger partial charge in [0.25, 0.3) is 0 Å². The first-order valence-corrected chi connectivity index (χ1v) is 4.53. The molecule has 0 unspecified atom stereocenters. The Bertz CT molecular complexity index is 353. The van der Waals surface area contributed by atoms with E-state index in [1.54, 1.807) is 0 Å². The Morgan fingerprint density at radius 2 is 0.952 bits per heavy atom. The van der Waals surface area contributed by atoms with Gasteiger partial charge in [0.1, 0.15) is 0 Å². The van der Waals surface area contributed by atoms with Crippen LogP contribution in [0, 0.1) is 33.3 Å². The minimum absolute atomic E-state index is 0. The van der Waals surface area contributed by atoms with Crippen molar-refractivity contribution < 1.29 is 40.6 Å². The summed E-state index contributed by atoms with van der Waals surface area (Å²) < 4.78 is 37.5. The maximum atomic E-state index is 7.50. The summed E-state index contributed by atoms with van der Waals surface area (Å²) in [5.41, 5.74) is 1.59. The number of nitrogens with zero attached hydrogens (tertiary/aromatic N) is 1. The van der Waals surface area contributed by atoms with E-state index < -0.39 is 0 Å². The molecule has 0 bridgehead atoms. The average molecular weight is 327 g/mol. The fourth-order valence-electron chi connectivity index (χ4n) is 0.852. The van der Waals surface area contributed by atoms with E-state index in [9.17, 15) is 0 Å². The number of aromatic nitrogens is 1. The maximum Gasteiger partial charge on any atom is 0 e. The fourth-order valence-corrected chi connectivity index (χ4v) is 0.852. The van der Waals surface area contributed by atoms with Crippen molar-refractivity contribution in [2.45, 2.75) is 26.2 Å². The van der Waals surface area contributed by atoms with E-state index in [4.69, 9.17) is 23.3 Å². The molecule has 0 aliphatic rings. The third kappa shape index (κ3) is 32.2. The Morgan fingerprint density at radius 3 is 1.10 bits per heavy atom. The number of rotatable bonds is 0. The summed E-state index contributed by atoms with van der Waals surface area (Å²) in [6, 6.07) is 4.11. The zero-order chi connectivity index (χ0) is 17.6. The number of hydrogen-bond donors (Lipinski definition) is 0. The quantitative estimate of drug-likeness (QED) is 0.528. The van der Waals surface area contributed by atoms with Crippen LogP contribution in [0.1, 0.15) is 26.3 Å². The van der Waals surface area contributed by atoms with Crippen LogP contribution in [0.2, 0.25) is 0 Å². The zero-order valence-corrected chi connectivity index (χ0v) is 13.0. The van der Waals surface area contributed by atoms with Gasteiger partial charge >= 0.3 is 56.5 Å². The van der Waals surface area contributed by atoms with E-state index in [0.717, 1.165) is 0 Å². The van der Waals surface area contributed by atoms with Crippen molar-refractivity contribution in [3.63, 3.8) is 0 Å². The standard InChI is InChI=1S/C9H13N.5CO.Cr/c1-9(2,3)8-4-6-10-7-5-8;5*1-2;/h4-7H,1-3H3;;;;;;. The molecule has 0 amide bonds. The molecule has 6 nitrogen and oxygen atoms in total. The minimum atomic E-state index is 0. The molecule has 1 aromatic heterocycles. The molecule has 0 N–H and O–H groups in total. The summed E-state index contributed by atoms with van der Waals surface area (Å²) in [6.07, 6.45) is 3.67. The third-order valence-corrected chi connectivity index (χ3v) is 1.55. The summed E-state index contributed by atoms with van der Waals surface area (Å²) in [7, 11) is 0. The number of hydrogen-bond acceptors (Lipinski definition) is 1. The van der Waals surface area contributed by atoms with E-state index in [2.05, 4.69) is 71.1 Å². The van der Waals surface area contributed by atoms with Crippen LogP contribution >= 0.6 is 0 Å². The van der Waals surface area contributed by atoms with E-state index in [1.165, 1.54) is 5.56 Å². The van der Waals surface area contributed by atoms with E-state index >= 15 is 0 Å². The van der Waals surface area contributed by atoms with Gasteiger partial charge in [-0.15, -0.1) is 0 Å². The molecule has 0 fully saturated rings. The van der Waals surface area contributed by atoms with E-state index in [0.29, 0.717) is 0 Å². The van der Waals surface area contributed by atoms with Crippen molar-refractivity contribution >= 4 is 0 Å². The predicted molar refractivity (Wildman–Crippen MR) is 62.6 cm³/mol. The Balaban J connectivity index is -0.0000000440. The SMILES string of the molecule is CC(C)(C)c1ccncc1.[C-]#[O+].[C-]#[O+].[C-]#[O+].[C-]#[O+].[C-]#[O+].[Cr]. The first-order chi connectivity index (χ1) is 9.61. The van der Waals surface area contributed by atoms with Crippen LogP contribution < -0.4 is 0 Å². The van der Waals surface area contributed by atoms with Crippen molar-refractivity contribution in [2.75, 3.05) is 0 Å².